The van der Waals surface area contributed by atoms with E-state index in [4.69, 9.17) is 9.47 Å². The highest BCUT2D eigenvalue weighted by atomic mass is 16.6. The normalized spacial score (nSPS) is 11.3. The van der Waals surface area contributed by atoms with Crippen LogP contribution in [0, 0.1) is 0 Å². The van der Waals surface area contributed by atoms with Crippen molar-refractivity contribution in [1.82, 2.24) is 5.32 Å². The van der Waals surface area contributed by atoms with E-state index in [2.05, 4.69) is 10.6 Å². The number of amides is 1. The predicted molar refractivity (Wildman–Crippen MR) is 114 cm³/mol. The first kappa shape index (κ1) is 22.9. The quantitative estimate of drug-likeness (QED) is 0.429. The Morgan fingerprint density at radius 3 is 2.30 bits per heavy atom. The summed E-state index contributed by atoms with van der Waals surface area (Å²) < 4.78 is 10.3. The van der Waals surface area contributed by atoms with Gasteiger partial charge in [0.2, 0.25) is 0 Å². The molecule has 0 saturated heterocycles. The van der Waals surface area contributed by atoms with Crippen LogP contribution in [-0.4, -0.2) is 37.5 Å². The SMILES string of the molecule is CCCOC(=O)C(CCC(=O)c1ccc(NC)cc1)NC(=O)OCc1ccccc1. The van der Waals surface area contributed by atoms with Gasteiger partial charge in [-0.3, -0.25) is 4.79 Å². The van der Waals surface area contributed by atoms with Crippen molar-refractivity contribution < 1.29 is 23.9 Å². The van der Waals surface area contributed by atoms with E-state index in [-0.39, 0.29) is 31.8 Å². The minimum absolute atomic E-state index is 0.0835. The zero-order valence-electron chi connectivity index (χ0n) is 17.4. The van der Waals surface area contributed by atoms with Gasteiger partial charge < -0.3 is 20.1 Å². The second-order valence-electron chi connectivity index (χ2n) is 6.72. The average Bonchev–Trinajstić information content (AvgIpc) is 2.79. The summed E-state index contributed by atoms with van der Waals surface area (Å²) in [4.78, 5) is 37.0. The Kier molecular flexibility index (Phi) is 9.37. The summed E-state index contributed by atoms with van der Waals surface area (Å²) in [6, 6.07) is 15.3. The van der Waals surface area contributed by atoms with Gasteiger partial charge in [-0.25, -0.2) is 9.59 Å². The van der Waals surface area contributed by atoms with Gasteiger partial charge in [-0.2, -0.15) is 0 Å². The fraction of sp³-hybridized carbons (Fsp3) is 0.348. The first-order valence-electron chi connectivity index (χ1n) is 9.98. The summed E-state index contributed by atoms with van der Waals surface area (Å²) >= 11 is 0. The second kappa shape index (κ2) is 12.3. The number of hydrogen-bond donors (Lipinski definition) is 2. The van der Waals surface area contributed by atoms with Crippen molar-refractivity contribution in [2.45, 2.75) is 38.8 Å². The number of benzene rings is 2. The third-order valence-corrected chi connectivity index (χ3v) is 4.39. The van der Waals surface area contributed by atoms with E-state index in [9.17, 15) is 14.4 Å². The molecular weight excluding hydrogens is 384 g/mol. The fourth-order valence-electron chi connectivity index (χ4n) is 2.70. The van der Waals surface area contributed by atoms with Gasteiger partial charge in [-0.1, -0.05) is 37.3 Å². The number of anilines is 1. The minimum Gasteiger partial charge on any atom is -0.464 e. The third-order valence-electron chi connectivity index (χ3n) is 4.39. The molecule has 2 N–H and O–H groups in total. The molecule has 0 radical (unpaired) electrons. The largest absolute Gasteiger partial charge is 0.464 e. The van der Waals surface area contributed by atoms with Crippen LogP contribution >= 0.6 is 0 Å². The third kappa shape index (κ3) is 7.58. The minimum atomic E-state index is -0.958. The smallest absolute Gasteiger partial charge is 0.408 e. The molecule has 160 valence electrons. The summed E-state index contributed by atoms with van der Waals surface area (Å²) in [6.45, 7) is 2.21. The molecule has 2 rings (SSSR count). The molecule has 0 heterocycles. The van der Waals surface area contributed by atoms with Crippen LogP contribution < -0.4 is 10.6 Å². The van der Waals surface area contributed by atoms with Gasteiger partial charge in [0.15, 0.2) is 5.78 Å². The Bertz CT molecular complexity index is 821. The van der Waals surface area contributed by atoms with Crippen LogP contribution in [0.4, 0.5) is 10.5 Å². The monoisotopic (exact) mass is 412 g/mol. The maximum Gasteiger partial charge on any atom is 0.408 e. The molecule has 1 amide bonds. The number of alkyl carbamates (subject to hydrolysis) is 1. The van der Waals surface area contributed by atoms with Gasteiger partial charge in [-0.15, -0.1) is 0 Å². The van der Waals surface area contributed by atoms with Gasteiger partial charge in [-0.05, 0) is 42.7 Å². The number of Topliss-reactive ketones (excluding diaryl/α,β-unsaturated/α-hetero) is 1. The van der Waals surface area contributed by atoms with Crippen molar-refractivity contribution in [3.05, 3.63) is 65.7 Å². The summed E-state index contributed by atoms with van der Waals surface area (Å²) in [5, 5.41) is 5.51. The van der Waals surface area contributed by atoms with Crippen molar-refractivity contribution in [3.63, 3.8) is 0 Å². The summed E-state index contributed by atoms with van der Waals surface area (Å²) in [5.74, 6) is -0.697. The molecule has 30 heavy (non-hydrogen) atoms. The van der Waals surface area contributed by atoms with Crippen molar-refractivity contribution >= 4 is 23.5 Å². The van der Waals surface area contributed by atoms with Crippen LogP contribution in [-0.2, 0) is 20.9 Å². The van der Waals surface area contributed by atoms with Crippen LogP contribution in [0.15, 0.2) is 54.6 Å². The van der Waals surface area contributed by atoms with Crippen molar-refractivity contribution in [1.29, 1.82) is 0 Å². The number of ketones is 1. The lowest BCUT2D eigenvalue weighted by Crippen LogP contribution is -2.42. The Balaban J connectivity index is 1.93. The molecule has 7 heteroatoms. The van der Waals surface area contributed by atoms with Crippen LogP contribution in [0.5, 0.6) is 0 Å². The lowest BCUT2D eigenvalue weighted by Gasteiger charge is -2.17. The van der Waals surface area contributed by atoms with E-state index in [1.807, 2.05) is 37.3 Å². The van der Waals surface area contributed by atoms with Gasteiger partial charge in [0.05, 0.1) is 6.61 Å². The molecule has 1 atom stereocenters. The van der Waals surface area contributed by atoms with Crippen molar-refractivity contribution in [3.8, 4) is 0 Å². The fourth-order valence-corrected chi connectivity index (χ4v) is 2.70. The highest BCUT2D eigenvalue weighted by molar-refractivity contribution is 5.96. The highest BCUT2D eigenvalue weighted by Crippen LogP contribution is 2.13. The molecule has 1 unspecified atom stereocenters. The van der Waals surface area contributed by atoms with Gasteiger partial charge in [0, 0.05) is 24.7 Å². The first-order chi connectivity index (χ1) is 14.5. The van der Waals surface area contributed by atoms with E-state index in [1.54, 1.807) is 31.3 Å². The molecule has 0 bridgehead atoms. The first-order valence-corrected chi connectivity index (χ1v) is 9.98. The maximum atomic E-state index is 12.5. The predicted octanol–water partition coefficient (Wildman–Crippen LogP) is 3.94. The number of rotatable bonds is 11. The summed E-state index contributed by atoms with van der Waals surface area (Å²) in [6.07, 6.45) is 0.135. The molecule has 0 aliphatic heterocycles. The molecule has 0 aromatic heterocycles. The topological polar surface area (TPSA) is 93.7 Å². The lowest BCUT2D eigenvalue weighted by molar-refractivity contribution is -0.146. The summed E-state index contributed by atoms with van der Waals surface area (Å²) in [5.41, 5.74) is 2.27. The second-order valence-corrected chi connectivity index (χ2v) is 6.72. The van der Waals surface area contributed by atoms with E-state index in [1.165, 1.54) is 0 Å². The van der Waals surface area contributed by atoms with Gasteiger partial charge >= 0.3 is 12.1 Å². The number of hydrogen-bond acceptors (Lipinski definition) is 6. The standard InChI is InChI=1S/C23H28N2O5/c1-3-15-29-22(27)20(25-23(28)30-16-17-7-5-4-6-8-17)13-14-21(26)18-9-11-19(24-2)12-10-18/h4-12,20,24H,3,13-16H2,1-2H3,(H,25,28). The Hall–Kier alpha value is -3.35. The number of esters is 1. The lowest BCUT2D eigenvalue weighted by atomic mass is 10.0. The molecule has 0 aliphatic carbocycles. The van der Waals surface area contributed by atoms with Gasteiger partial charge in [0.1, 0.15) is 12.6 Å². The zero-order chi connectivity index (χ0) is 21.8. The van der Waals surface area contributed by atoms with Crippen molar-refractivity contribution in [2.75, 3.05) is 19.0 Å². The Morgan fingerprint density at radius 2 is 1.67 bits per heavy atom. The molecular formula is C23H28N2O5. The van der Waals surface area contributed by atoms with Crippen LogP contribution in [0.2, 0.25) is 0 Å². The molecule has 0 fully saturated rings. The molecule has 2 aromatic carbocycles. The molecule has 2 aromatic rings. The Labute approximate surface area is 176 Å². The molecule has 7 nitrogen and oxygen atoms in total. The number of nitrogens with one attached hydrogen (secondary N) is 2. The van der Waals surface area contributed by atoms with Crippen molar-refractivity contribution in [2.24, 2.45) is 0 Å². The van der Waals surface area contributed by atoms with E-state index in [0.29, 0.717) is 12.0 Å². The zero-order valence-corrected chi connectivity index (χ0v) is 17.4. The Morgan fingerprint density at radius 1 is 0.967 bits per heavy atom. The van der Waals surface area contributed by atoms with Crippen LogP contribution in [0.3, 0.4) is 0 Å². The van der Waals surface area contributed by atoms with E-state index < -0.39 is 18.1 Å². The number of carbonyl (C=O) groups is 3. The van der Waals surface area contributed by atoms with E-state index in [0.717, 1.165) is 11.3 Å². The summed E-state index contributed by atoms with van der Waals surface area (Å²) in [7, 11) is 1.80. The molecule has 0 spiro atoms. The van der Waals surface area contributed by atoms with Crippen LogP contribution in [0.25, 0.3) is 0 Å². The maximum absolute atomic E-state index is 12.5. The van der Waals surface area contributed by atoms with E-state index >= 15 is 0 Å². The molecule has 0 saturated carbocycles. The molecule has 0 aliphatic rings. The van der Waals surface area contributed by atoms with Gasteiger partial charge in [0.25, 0.3) is 0 Å². The number of carbonyl (C=O) groups excluding carboxylic acids is 3. The number of ether oxygens (including phenoxy) is 2. The highest BCUT2D eigenvalue weighted by Gasteiger charge is 2.24. The van der Waals surface area contributed by atoms with Crippen LogP contribution in [0.1, 0.15) is 42.1 Å². The average molecular weight is 412 g/mol.